The predicted molar refractivity (Wildman–Crippen MR) is 45.3 cm³/mol. The summed E-state index contributed by atoms with van der Waals surface area (Å²) in [6, 6.07) is 0. The van der Waals surface area contributed by atoms with Crippen molar-refractivity contribution in [2.75, 3.05) is 0 Å². The van der Waals surface area contributed by atoms with E-state index in [9.17, 15) is 10.1 Å². The average Bonchev–Trinajstić information content (AvgIpc) is 2.32. The number of nitrogens with zero attached hydrogens (tertiary/aromatic N) is 3. The van der Waals surface area contributed by atoms with Crippen molar-refractivity contribution < 1.29 is 10.0 Å². The van der Waals surface area contributed by atoms with E-state index in [0.29, 0.717) is 5.69 Å². The van der Waals surface area contributed by atoms with Gasteiger partial charge in [-0.1, -0.05) is 0 Å². The van der Waals surface area contributed by atoms with Gasteiger partial charge in [0.05, 0.1) is 17.6 Å². The van der Waals surface area contributed by atoms with E-state index in [1.54, 1.807) is 13.8 Å². The van der Waals surface area contributed by atoms with Gasteiger partial charge in [0.2, 0.25) is 0 Å². The summed E-state index contributed by atoms with van der Waals surface area (Å²) in [4.78, 5) is 9.93. The molecule has 1 aromatic rings. The molecule has 1 N–H and O–H groups in total. The molecule has 1 unspecified atom stereocenters. The first-order valence-corrected chi connectivity index (χ1v) is 3.87. The summed E-state index contributed by atoms with van der Waals surface area (Å²) in [6.07, 6.45) is 0.635. The van der Waals surface area contributed by atoms with E-state index in [2.05, 4.69) is 5.10 Å². The van der Waals surface area contributed by atoms with Crippen molar-refractivity contribution in [2.24, 2.45) is 0 Å². The first-order chi connectivity index (χ1) is 6.02. The number of nitro groups is 1. The van der Waals surface area contributed by atoms with Crippen molar-refractivity contribution in [3.63, 3.8) is 0 Å². The molecule has 0 aliphatic carbocycles. The molecule has 0 aromatic carbocycles. The number of rotatable bonds is 3. The highest BCUT2D eigenvalue weighted by molar-refractivity contribution is 5.31. The highest BCUT2D eigenvalue weighted by atomic mass is 16.6. The lowest BCUT2D eigenvalue weighted by Crippen LogP contribution is -2.14. The van der Waals surface area contributed by atoms with Gasteiger partial charge in [0, 0.05) is 0 Å². The molecule has 0 aliphatic heterocycles. The van der Waals surface area contributed by atoms with Crippen molar-refractivity contribution in [1.82, 2.24) is 9.78 Å². The molecular formula is C7H11N3O3. The van der Waals surface area contributed by atoms with Crippen LogP contribution in [0.2, 0.25) is 0 Å². The maximum Gasteiger partial charge on any atom is 0.309 e. The van der Waals surface area contributed by atoms with Gasteiger partial charge in [-0.3, -0.25) is 14.8 Å². The SMILES string of the molecule is Cc1c([N+](=O)[O-])cnn1CC(C)O. The Balaban J connectivity index is 2.93. The van der Waals surface area contributed by atoms with E-state index in [1.165, 1.54) is 10.9 Å². The lowest BCUT2D eigenvalue weighted by Gasteiger charge is -2.04. The van der Waals surface area contributed by atoms with E-state index in [4.69, 9.17) is 5.11 Å². The van der Waals surface area contributed by atoms with Gasteiger partial charge >= 0.3 is 5.69 Å². The van der Waals surface area contributed by atoms with E-state index in [0.717, 1.165) is 0 Å². The van der Waals surface area contributed by atoms with Gasteiger partial charge in [0.1, 0.15) is 11.9 Å². The third-order valence-corrected chi connectivity index (χ3v) is 1.71. The van der Waals surface area contributed by atoms with Crippen LogP contribution in [0.4, 0.5) is 5.69 Å². The second-order valence-electron chi connectivity index (χ2n) is 2.90. The Labute approximate surface area is 74.9 Å². The topological polar surface area (TPSA) is 81.2 Å². The predicted octanol–water partition coefficient (Wildman–Crippen LogP) is 0.481. The van der Waals surface area contributed by atoms with Crippen LogP contribution in [0.1, 0.15) is 12.6 Å². The second kappa shape index (κ2) is 3.53. The fraction of sp³-hybridized carbons (Fsp3) is 0.571. The monoisotopic (exact) mass is 185 g/mol. The molecule has 13 heavy (non-hydrogen) atoms. The van der Waals surface area contributed by atoms with Crippen LogP contribution in [0.3, 0.4) is 0 Å². The standard InChI is InChI=1S/C7H11N3O3/c1-5(11)4-9-6(2)7(3-8-9)10(12)13/h3,5,11H,4H2,1-2H3. The molecule has 1 rings (SSSR count). The van der Waals surface area contributed by atoms with Crippen LogP contribution in [0.5, 0.6) is 0 Å². The Morgan fingerprint density at radius 1 is 1.85 bits per heavy atom. The quantitative estimate of drug-likeness (QED) is 0.548. The van der Waals surface area contributed by atoms with Gasteiger partial charge < -0.3 is 5.11 Å². The van der Waals surface area contributed by atoms with Gasteiger partial charge in [-0.15, -0.1) is 0 Å². The van der Waals surface area contributed by atoms with Crippen molar-refractivity contribution >= 4 is 5.69 Å². The molecule has 0 bridgehead atoms. The smallest absolute Gasteiger partial charge is 0.309 e. The summed E-state index contributed by atoms with van der Waals surface area (Å²) in [5, 5.41) is 23.3. The zero-order chi connectivity index (χ0) is 10.0. The molecular weight excluding hydrogens is 174 g/mol. The summed E-state index contributed by atoms with van der Waals surface area (Å²) in [7, 11) is 0. The summed E-state index contributed by atoms with van der Waals surface area (Å²) in [6.45, 7) is 3.49. The molecule has 6 heteroatoms. The van der Waals surface area contributed by atoms with Gasteiger partial charge in [-0.05, 0) is 13.8 Å². The summed E-state index contributed by atoms with van der Waals surface area (Å²) < 4.78 is 1.42. The first kappa shape index (κ1) is 9.66. The Morgan fingerprint density at radius 3 is 2.85 bits per heavy atom. The van der Waals surface area contributed by atoms with Crippen LogP contribution in [-0.4, -0.2) is 25.9 Å². The van der Waals surface area contributed by atoms with Gasteiger partial charge in [-0.2, -0.15) is 5.10 Å². The number of aliphatic hydroxyl groups excluding tert-OH is 1. The third kappa shape index (κ3) is 2.03. The Morgan fingerprint density at radius 2 is 2.46 bits per heavy atom. The lowest BCUT2D eigenvalue weighted by atomic mass is 10.3. The summed E-state index contributed by atoms with van der Waals surface area (Å²) >= 11 is 0. The molecule has 0 radical (unpaired) electrons. The van der Waals surface area contributed by atoms with E-state index in [1.807, 2.05) is 0 Å². The fourth-order valence-corrected chi connectivity index (χ4v) is 1.05. The van der Waals surface area contributed by atoms with Crippen LogP contribution in [0.25, 0.3) is 0 Å². The molecule has 0 amide bonds. The Bertz CT molecular complexity index is 319. The summed E-state index contributed by atoms with van der Waals surface area (Å²) in [5.74, 6) is 0. The van der Waals surface area contributed by atoms with Crippen LogP contribution in [0, 0.1) is 17.0 Å². The minimum absolute atomic E-state index is 0.0133. The second-order valence-corrected chi connectivity index (χ2v) is 2.90. The molecule has 0 saturated heterocycles. The van der Waals surface area contributed by atoms with Gasteiger partial charge in [0.15, 0.2) is 0 Å². The number of aromatic nitrogens is 2. The summed E-state index contributed by atoms with van der Waals surface area (Å²) in [5.41, 5.74) is 0.451. The molecule has 1 aromatic heterocycles. The molecule has 0 saturated carbocycles. The molecule has 72 valence electrons. The van der Waals surface area contributed by atoms with Crippen LogP contribution >= 0.6 is 0 Å². The van der Waals surface area contributed by atoms with Gasteiger partial charge in [0.25, 0.3) is 0 Å². The normalized spacial score (nSPS) is 12.8. The van der Waals surface area contributed by atoms with Crippen molar-refractivity contribution in [1.29, 1.82) is 0 Å². The van der Waals surface area contributed by atoms with Crippen molar-refractivity contribution in [3.05, 3.63) is 22.0 Å². The lowest BCUT2D eigenvalue weighted by molar-refractivity contribution is -0.385. The highest BCUT2D eigenvalue weighted by Gasteiger charge is 2.16. The van der Waals surface area contributed by atoms with Crippen LogP contribution in [-0.2, 0) is 6.54 Å². The molecule has 0 fully saturated rings. The number of hydrogen-bond donors (Lipinski definition) is 1. The molecule has 1 atom stereocenters. The minimum atomic E-state index is -0.557. The van der Waals surface area contributed by atoms with E-state index in [-0.39, 0.29) is 12.2 Å². The van der Waals surface area contributed by atoms with E-state index >= 15 is 0 Å². The maximum absolute atomic E-state index is 10.4. The third-order valence-electron chi connectivity index (χ3n) is 1.71. The van der Waals surface area contributed by atoms with Crippen LogP contribution in [0.15, 0.2) is 6.20 Å². The van der Waals surface area contributed by atoms with Crippen molar-refractivity contribution in [3.8, 4) is 0 Å². The fourth-order valence-electron chi connectivity index (χ4n) is 1.05. The molecule has 0 spiro atoms. The number of aliphatic hydroxyl groups is 1. The number of hydrogen-bond acceptors (Lipinski definition) is 4. The Hall–Kier alpha value is -1.43. The maximum atomic E-state index is 10.4. The van der Waals surface area contributed by atoms with E-state index < -0.39 is 11.0 Å². The van der Waals surface area contributed by atoms with Crippen LogP contribution < -0.4 is 0 Å². The highest BCUT2D eigenvalue weighted by Crippen LogP contribution is 2.15. The molecule has 1 heterocycles. The largest absolute Gasteiger partial charge is 0.391 e. The molecule has 6 nitrogen and oxygen atoms in total. The zero-order valence-corrected chi connectivity index (χ0v) is 7.47. The average molecular weight is 185 g/mol. The first-order valence-electron chi connectivity index (χ1n) is 3.87. The Kier molecular flexibility index (Phi) is 2.62. The molecule has 0 aliphatic rings. The minimum Gasteiger partial charge on any atom is -0.391 e. The van der Waals surface area contributed by atoms with Gasteiger partial charge in [-0.25, -0.2) is 0 Å². The van der Waals surface area contributed by atoms with Crippen molar-refractivity contribution in [2.45, 2.75) is 26.5 Å². The zero-order valence-electron chi connectivity index (χ0n) is 7.47.